The SMILES string of the molecule is C.CC12CC3CC(O)(C1)CC(O)(C3)C2. The summed E-state index contributed by atoms with van der Waals surface area (Å²) in [5, 5.41) is 20.5. The van der Waals surface area contributed by atoms with E-state index in [0.29, 0.717) is 12.3 Å². The molecule has 0 heterocycles. The van der Waals surface area contributed by atoms with Crippen LogP contribution in [0.25, 0.3) is 0 Å². The first kappa shape index (κ1) is 10.4. The van der Waals surface area contributed by atoms with Crippen LogP contribution in [0.2, 0.25) is 0 Å². The standard InChI is InChI=1S/C11H18O2.CH4/c1-9-2-8-3-10(12,5-9)7-11(13,4-8)6-9;/h8,12-13H,2-7H2,1H3;1H4. The van der Waals surface area contributed by atoms with Crippen LogP contribution >= 0.6 is 0 Å². The number of rotatable bonds is 0. The Kier molecular flexibility index (Phi) is 1.89. The lowest BCUT2D eigenvalue weighted by Gasteiger charge is -2.62. The highest BCUT2D eigenvalue weighted by Gasteiger charge is 2.60. The smallest absolute Gasteiger partial charge is 0.0683 e. The zero-order chi connectivity index (χ0) is 9.32. The van der Waals surface area contributed by atoms with Gasteiger partial charge in [0.25, 0.3) is 0 Å². The molecule has 82 valence electrons. The van der Waals surface area contributed by atoms with Crippen molar-refractivity contribution in [1.29, 1.82) is 0 Å². The number of hydrogen-bond acceptors (Lipinski definition) is 2. The summed E-state index contributed by atoms with van der Waals surface area (Å²) in [4.78, 5) is 0. The van der Waals surface area contributed by atoms with E-state index in [4.69, 9.17) is 0 Å². The molecule has 0 spiro atoms. The Labute approximate surface area is 86.3 Å². The molecule has 4 aliphatic rings. The molecule has 4 saturated carbocycles. The fourth-order valence-corrected chi connectivity index (χ4v) is 4.81. The predicted molar refractivity (Wildman–Crippen MR) is 55.9 cm³/mol. The average molecular weight is 198 g/mol. The average Bonchev–Trinajstić information content (AvgIpc) is 1.71. The molecular weight excluding hydrogens is 176 g/mol. The normalized spacial score (nSPS) is 59.8. The van der Waals surface area contributed by atoms with E-state index in [2.05, 4.69) is 6.92 Å². The second-order valence-electron chi connectivity index (χ2n) is 6.27. The molecule has 0 aromatic carbocycles. The van der Waals surface area contributed by atoms with E-state index in [1.54, 1.807) is 0 Å². The van der Waals surface area contributed by atoms with Crippen molar-refractivity contribution in [1.82, 2.24) is 0 Å². The van der Waals surface area contributed by atoms with Gasteiger partial charge in [0.1, 0.15) is 0 Å². The van der Waals surface area contributed by atoms with Crippen molar-refractivity contribution in [3.63, 3.8) is 0 Å². The minimum absolute atomic E-state index is 0. The molecule has 2 atom stereocenters. The number of hydrogen-bond donors (Lipinski definition) is 2. The second kappa shape index (κ2) is 2.53. The monoisotopic (exact) mass is 198 g/mol. The first-order valence-electron chi connectivity index (χ1n) is 5.35. The topological polar surface area (TPSA) is 40.5 Å². The van der Waals surface area contributed by atoms with Crippen LogP contribution in [0.15, 0.2) is 0 Å². The van der Waals surface area contributed by atoms with Gasteiger partial charge >= 0.3 is 0 Å². The van der Waals surface area contributed by atoms with Gasteiger partial charge < -0.3 is 10.2 Å². The molecule has 0 aliphatic heterocycles. The summed E-state index contributed by atoms with van der Waals surface area (Å²) in [6, 6.07) is 0. The van der Waals surface area contributed by atoms with Crippen LogP contribution in [-0.4, -0.2) is 21.4 Å². The second-order valence-corrected chi connectivity index (χ2v) is 6.27. The highest BCUT2D eigenvalue weighted by atomic mass is 16.3. The van der Waals surface area contributed by atoms with E-state index in [1.807, 2.05) is 0 Å². The first-order valence-corrected chi connectivity index (χ1v) is 5.35. The van der Waals surface area contributed by atoms with E-state index < -0.39 is 11.2 Å². The Morgan fingerprint density at radius 2 is 1.43 bits per heavy atom. The van der Waals surface area contributed by atoms with Gasteiger partial charge in [0, 0.05) is 6.42 Å². The van der Waals surface area contributed by atoms with Gasteiger partial charge in [-0.1, -0.05) is 14.4 Å². The van der Waals surface area contributed by atoms with Crippen LogP contribution in [0.1, 0.15) is 52.9 Å². The molecule has 2 N–H and O–H groups in total. The van der Waals surface area contributed by atoms with E-state index in [9.17, 15) is 10.2 Å². The quantitative estimate of drug-likeness (QED) is 0.625. The molecule has 14 heavy (non-hydrogen) atoms. The van der Waals surface area contributed by atoms with Gasteiger partial charge in [-0.05, 0) is 43.4 Å². The minimum atomic E-state index is -0.525. The van der Waals surface area contributed by atoms with Crippen LogP contribution in [0.3, 0.4) is 0 Å². The summed E-state index contributed by atoms with van der Waals surface area (Å²) in [7, 11) is 0. The van der Waals surface area contributed by atoms with Crippen molar-refractivity contribution in [3.8, 4) is 0 Å². The molecule has 0 radical (unpaired) electrons. The highest BCUT2D eigenvalue weighted by molar-refractivity contribution is 5.12. The van der Waals surface area contributed by atoms with Gasteiger partial charge in [-0.3, -0.25) is 0 Å². The third kappa shape index (κ3) is 1.31. The van der Waals surface area contributed by atoms with Crippen LogP contribution in [0.4, 0.5) is 0 Å². The Bertz CT molecular complexity index is 210. The molecule has 4 fully saturated rings. The van der Waals surface area contributed by atoms with Gasteiger partial charge in [0.2, 0.25) is 0 Å². The number of aliphatic hydroxyl groups is 2. The fourth-order valence-electron chi connectivity index (χ4n) is 4.81. The molecule has 4 bridgehead atoms. The van der Waals surface area contributed by atoms with Crippen molar-refractivity contribution < 1.29 is 10.2 Å². The molecule has 2 unspecified atom stereocenters. The fraction of sp³-hybridized carbons (Fsp3) is 1.00. The minimum Gasteiger partial charge on any atom is -0.390 e. The summed E-state index contributed by atoms with van der Waals surface area (Å²) in [6.45, 7) is 2.23. The van der Waals surface area contributed by atoms with Crippen LogP contribution < -0.4 is 0 Å². The van der Waals surface area contributed by atoms with E-state index in [-0.39, 0.29) is 12.8 Å². The molecule has 0 saturated heterocycles. The van der Waals surface area contributed by atoms with Crippen molar-refractivity contribution in [3.05, 3.63) is 0 Å². The van der Waals surface area contributed by atoms with Gasteiger partial charge in [0.05, 0.1) is 11.2 Å². The lowest BCUT2D eigenvalue weighted by Crippen LogP contribution is -2.62. The summed E-state index contributed by atoms with van der Waals surface area (Å²) in [5.41, 5.74) is -0.825. The lowest BCUT2D eigenvalue weighted by molar-refractivity contribution is -0.225. The maximum atomic E-state index is 10.3. The van der Waals surface area contributed by atoms with Gasteiger partial charge in [-0.25, -0.2) is 0 Å². The van der Waals surface area contributed by atoms with Crippen molar-refractivity contribution in [2.75, 3.05) is 0 Å². The maximum Gasteiger partial charge on any atom is 0.0683 e. The van der Waals surface area contributed by atoms with Crippen LogP contribution in [-0.2, 0) is 0 Å². The molecule has 4 rings (SSSR count). The Balaban J connectivity index is 0.000000750. The highest BCUT2D eigenvalue weighted by Crippen LogP contribution is 2.62. The summed E-state index contributed by atoms with van der Waals surface area (Å²) in [5.74, 6) is 0.580. The zero-order valence-corrected chi connectivity index (χ0v) is 8.21. The Hall–Kier alpha value is -0.0800. The zero-order valence-electron chi connectivity index (χ0n) is 8.21. The maximum absolute atomic E-state index is 10.3. The van der Waals surface area contributed by atoms with E-state index >= 15 is 0 Å². The third-order valence-corrected chi connectivity index (χ3v) is 4.29. The summed E-state index contributed by atoms with van der Waals surface area (Å²) in [6.07, 6.45) is 5.55. The molecule has 4 aliphatic carbocycles. The van der Waals surface area contributed by atoms with Gasteiger partial charge in [-0.15, -0.1) is 0 Å². The lowest BCUT2D eigenvalue weighted by atomic mass is 9.47. The summed E-state index contributed by atoms with van der Waals surface area (Å²) < 4.78 is 0. The van der Waals surface area contributed by atoms with E-state index in [1.165, 1.54) is 6.42 Å². The van der Waals surface area contributed by atoms with Crippen molar-refractivity contribution in [2.24, 2.45) is 11.3 Å². The molecule has 0 aromatic heterocycles. The molecular formula is C12H22O2. The third-order valence-electron chi connectivity index (χ3n) is 4.29. The molecule has 2 nitrogen and oxygen atoms in total. The van der Waals surface area contributed by atoms with E-state index in [0.717, 1.165) is 25.7 Å². The molecule has 0 amide bonds. The van der Waals surface area contributed by atoms with Crippen LogP contribution in [0, 0.1) is 11.3 Å². The van der Waals surface area contributed by atoms with Crippen LogP contribution in [0.5, 0.6) is 0 Å². The molecule has 2 heteroatoms. The Morgan fingerprint density at radius 3 is 1.79 bits per heavy atom. The van der Waals surface area contributed by atoms with Crippen molar-refractivity contribution in [2.45, 2.75) is 64.1 Å². The molecule has 0 aromatic rings. The largest absolute Gasteiger partial charge is 0.390 e. The predicted octanol–water partition coefficient (Wildman–Crippen LogP) is 2.09. The Morgan fingerprint density at radius 1 is 0.929 bits per heavy atom. The first-order chi connectivity index (χ1) is 5.91. The van der Waals surface area contributed by atoms with Gasteiger partial charge in [0.15, 0.2) is 0 Å². The summed E-state index contributed by atoms with van der Waals surface area (Å²) >= 11 is 0. The van der Waals surface area contributed by atoms with Gasteiger partial charge in [-0.2, -0.15) is 0 Å². The van der Waals surface area contributed by atoms with Crippen molar-refractivity contribution >= 4 is 0 Å².